The molecule has 2 aromatic rings. The zero-order chi connectivity index (χ0) is 17.4. The molecule has 0 saturated heterocycles. The van der Waals surface area contributed by atoms with Gasteiger partial charge in [0.15, 0.2) is 11.5 Å². The Morgan fingerprint density at radius 3 is 2.62 bits per heavy atom. The van der Waals surface area contributed by atoms with Gasteiger partial charge in [0.25, 0.3) is 0 Å². The molecule has 126 valence electrons. The van der Waals surface area contributed by atoms with Gasteiger partial charge >= 0.3 is 0 Å². The highest BCUT2D eigenvalue weighted by atomic mass is 19.1. The molecule has 0 unspecified atom stereocenters. The second kappa shape index (κ2) is 8.67. The first-order valence-electron chi connectivity index (χ1n) is 7.49. The Morgan fingerprint density at radius 1 is 1.21 bits per heavy atom. The maximum atomic E-state index is 12.8. The first-order valence-corrected chi connectivity index (χ1v) is 7.49. The molecule has 0 bridgehead atoms. The second-order valence-corrected chi connectivity index (χ2v) is 4.94. The summed E-state index contributed by atoms with van der Waals surface area (Å²) in [5.41, 5.74) is 3.92. The third-order valence-electron chi connectivity index (χ3n) is 3.17. The van der Waals surface area contributed by atoms with Crippen LogP contribution in [-0.2, 0) is 11.2 Å². The van der Waals surface area contributed by atoms with Crippen LogP contribution in [0.1, 0.15) is 18.1 Å². The number of rotatable bonds is 7. The Bertz CT molecular complexity index is 715. The lowest BCUT2D eigenvalue weighted by Gasteiger charge is -2.09. The molecule has 24 heavy (non-hydrogen) atoms. The van der Waals surface area contributed by atoms with E-state index in [0.29, 0.717) is 23.7 Å². The van der Waals surface area contributed by atoms with Gasteiger partial charge in [-0.25, -0.2) is 9.82 Å². The molecule has 0 aliphatic carbocycles. The number of hydrogen-bond donors (Lipinski definition) is 1. The Hall–Kier alpha value is -2.89. The third kappa shape index (κ3) is 5.08. The molecule has 5 nitrogen and oxygen atoms in total. The number of halogens is 1. The molecule has 2 aromatic carbocycles. The van der Waals surface area contributed by atoms with E-state index in [-0.39, 0.29) is 18.1 Å². The van der Waals surface area contributed by atoms with Crippen LogP contribution in [0.15, 0.2) is 47.6 Å². The molecule has 1 N–H and O–H groups in total. The number of benzene rings is 2. The number of carbonyl (C=O) groups is 1. The summed E-state index contributed by atoms with van der Waals surface area (Å²) in [6.45, 7) is 2.40. The number of nitrogens with one attached hydrogen (secondary N) is 1. The molecule has 0 saturated carbocycles. The second-order valence-electron chi connectivity index (χ2n) is 4.94. The van der Waals surface area contributed by atoms with Crippen LogP contribution in [0, 0.1) is 5.82 Å². The Labute approximate surface area is 140 Å². The summed E-state index contributed by atoms with van der Waals surface area (Å²) in [5, 5.41) is 3.92. The van der Waals surface area contributed by atoms with Crippen LogP contribution in [0.4, 0.5) is 4.39 Å². The van der Waals surface area contributed by atoms with Crippen molar-refractivity contribution < 1.29 is 18.7 Å². The number of hydrogen-bond acceptors (Lipinski definition) is 4. The van der Waals surface area contributed by atoms with Crippen LogP contribution < -0.4 is 14.9 Å². The van der Waals surface area contributed by atoms with Crippen molar-refractivity contribution in [2.24, 2.45) is 5.10 Å². The SMILES string of the molecule is CCOc1cc(/C=N/NC(=O)Cc2ccc(F)cc2)ccc1OC. The molecule has 2 rings (SSSR count). The minimum atomic E-state index is -0.332. The van der Waals surface area contributed by atoms with Crippen molar-refractivity contribution in [2.75, 3.05) is 13.7 Å². The van der Waals surface area contributed by atoms with Crippen LogP contribution in [-0.4, -0.2) is 25.8 Å². The smallest absolute Gasteiger partial charge is 0.244 e. The van der Waals surface area contributed by atoms with Crippen molar-refractivity contribution in [3.63, 3.8) is 0 Å². The summed E-state index contributed by atoms with van der Waals surface area (Å²) < 4.78 is 23.5. The van der Waals surface area contributed by atoms with Crippen LogP contribution >= 0.6 is 0 Å². The van der Waals surface area contributed by atoms with Crippen LogP contribution in [0.3, 0.4) is 0 Å². The lowest BCUT2D eigenvalue weighted by atomic mass is 10.1. The number of hydrazone groups is 1. The fourth-order valence-electron chi connectivity index (χ4n) is 2.05. The van der Waals surface area contributed by atoms with Crippen molar-refractivity contribution in [3.05, 3.63) is 59.4 Å². The Kier molecular flexibility index (Phi) is 6.31. The van der Waals surface area contributed by atoms with Gasteiger partial charge in [0.05, 0.1) is 26.4 Å². The van der Waals surface area contributed by atoms with E-state index in [9.17, 15) is 9.18 Å². The summed E-state index contributed by atoms with van der Waals surface area (Å²) in [6.07, 6.45) is 1.65. The molecule has 0 radical (unpaired) electrons. The Morgan fingerprint density at radius 2 is 1.96 bits per heavy atom. The van der Waals surface area contributed by atoms with Gasteiger partial charge in [0, 0.05) is 0 Å². The van der Waals surface area contributed by atoms with E-state index >= 15 is 0 Å². The molecule has 0 spiro atoms. The molecule has 0 aliphatic rings. The predicted molar refractivity (Wildman–Crippen MR) is 90.0 cm³/mol. The minimum absolute atomic E-state index is 0.129. The van der Waals surface area contributed by atoms with Crippen molar-refractivity contribution >= 4 is 12.1 Å². The summed E-state index contributed by atoms with van der Waals surface area (Å²) in [5.74, 6) is 0.633. The number of ether oxygens (including phenoxy) is 2. The van der Waals surface area contributed by atoms with E-state index in [1.54, 1.807) is 37.4 Å². The molecule has 6 heteroatoms. The minimum Gasteiger partial charge on any atom is -0.493 e. The van der Waals surface area contributed by atoms with Gasteiger partial charge in [-0.1, -0.05) is 12.1 Å². The summed E-state index contributed by atoms with van der Waals surface area (Å²) in [7, 11) is 1.57. The number of methoxy groups -OCH3 is 1. The predicted octanol–water partition coefficient (Wildman–Crippen LogP) is 2.93. The van der Waals surface area contributed by atoms with E-state index < -0.39 is 0 Å². The Balaban J connectivity index is 1.94. The van der Waals surface area contributed by atoms with Gasteiger partial charge in [0.2, 0.25) is 5.91 Å². The fourth-order valence-corrected chi connectivity index (χ4v) is 2.05. The molecule has 1 amide bonds. The highest BCUT2D eigenvalue weighted by Crippen LogP contribution is 2.27. The average molecular weight is 330 g/mol. The average Bonchev–Trinajstić information content (AvgIpc) is 2.57. The van der Waals surface area contributed by atoms with Gasteiger partial charge in [-0.15, -0.1) is 0 Å². The van der Waals surface area contributed by atoms with Crippen molar-refractivity contribution in [1.82, 2.24) is 5.43 Å². The highest BCUT2D eigenvalue weighted by Gasteiger charge is 2.05. The van der Waals surface area contributed by atoms with Crippen molar-refractivity contribution in [2.45, 2.75) is 13.3 Å². The zero-order valence-corrected chi connectivity index (χ0v) is 13.6. The van der Waals surface area contributed by atoms with Gasteiger partial charge in [-0.05, 0) is 48.4 Å². The molecule has 0 atom stereocenters. The number of nitrogens with zero attached hydrogens (tertiary/aromatic N) is 1. The van der Waals surface area contributed by atoms with Gasteiger partial charge in [0.1, 0.15) is 5.82 Å². The molecular formula is C18H19FN2O3. The van der Waals surface area contributed by atoms with Gasteiger partial charge in [-0.3, -0.25) is 4.79 Å². The maximum absolute atomic E-state index is 12.8. The summed E-state index contributed by atoms with van der Waals surface area (Å²) in [6, 6.07) is 11.1. The van der Waals surface area contributed by atoms with E-state index in [1.165, 1.54) is 18.3 Å². The number of carbonyl (C=O) groups excluding carboxylic acids is 1. The van der Waals surface area contributed by atoms with Gasteiger partial charge in [-0.2, -0.15) is 5.10 Å². The summed E-state index contributed by atoms with van der Waals surface area (Å²) >= 11 is 0. The van der Waals surface area contributed by atoms with Crippen LogP contribution in [0.25, 0.3) is 0 Å². The maximum Gasteiger partial charge on any atom is 0.244 e. The first-order chi connectivity index (χ1) is 11.6. The highest BCUT2D eigenvalue weighted by molar-refractivity contribution is 5.84. The van der Waals surface area contributed by atoms with Crippen molar-refractivity contribution in [1.29, 1.82) is 0 Å². The lowest BCUT2D eigenvalue weighted by molar-refractivity contribution is -0.120. The molecule has 0 fully saturated rings. The monoisotopic (exact) mass is 330 g/mol. The lowest BCUT2D eigenvalue weighted by Crippen LogP contribution is -2.19. The quantitative estimate of drug-likeness (QED) is 0.627. The largest absolute Gasteiger partial charge is 0.493 e. The van der Waals surface area contributed by atoms with Crippen LogP contribution in [0.2, 0.25) is 0 Å². The van der Waals surface area contributed by atoms with Crippen LogP contribution in [0.5, 0.6) is 11.5 Å². The van der Waals surface area contributed by atoms with E-state index in [4.69, 9.17) is 9.47 Å². The summed E-state index contributed by atoms with van der Waals surface area (Å²) in [4.78, 5) is 11.8. The number of amides is 1. The molecule has 0 aromatic heterocycles. The van der Waals surface area contributed by atoms with Gasteiger partial charge < -0.3 is 9.47 Å². The molecule has 0 heterocycles. The van der Waals surface area contributed by atoms with E-state index in [1.807, 2.05) is 6.92 Å². The van der Waals surface area contributed by atoms with E-state index in [2.05, 4.69) is 10.5 Å². The van der Waals surface area contributed by atoms with E-state index in [0.717, 1.165) is 5.56 Å². The fraction of sp³-hybridized carbons (Fsp3) is 0.222. The topological polar surface area (TPSA) is 59.9 Å². The first kappa shape index (κ1) is 17.5. The van der Waals surface area contributed by atoms with Crippen molar-refractivity contribution in [3.8, 4) is 11.5 Å². The molecule has 0 aliphatic heterocycles. The zero-order valence-electron chi connectivity index (χ0n) is 13.6. The normalized spacial score (nSPS) is 10.6. The third-order valence-corrected chi connectivity index (χ3v) is 3.17. The molecular weight excluding hydrogens is 311 g/mol. The standard InChI is InChI=1S/C18H19FN2O3/c1-3-24-17-10-14(6-9-16(17)23-2)12-20-21-18(22)11-13-4-7-15(19)8-5-13/h4-10,12H,3,11H2,1-2H3,(H,21,22)/b20-12+.